The first kappa shape index (κ1) is 21.4. The number of benzene rings is 1. The van der Waals surface area contributed by atoms with Gasteiger partial charge in [-0.3, -0.25) is 15.1 Å². The van der Waals surface area contributed by atoms with E-state index in [2.05, 4.69) is 15.1 Å². The number of rotatable bonds is 6. The molecule has 1 aliphatic heterocycles. The Hall–Kier alpha value is -3.82. The Morgan fingerprint density at radius 3 is 2.69 bits per heavy atom. The standard InChI is InChI=1S/C22H23N5O5/c1-15(21-24-20(25-32-21)17-7-6-10-23-14-17)31-22(28)16-8-9-18(19(13-16)27(29)30)26-11-4-2-3-5-12-26/h6-10,13-15H,2-5,11-12H2,1H3/t15-/m1/s1. The molecule has 0 amide bonds. The third kappa shape index (κ3) is 4.74. The quantitative estimate of drug-likeness (QED) is 0.314. The highest BCUT2D eigenvalue weighted by molar-refractivity contribution is 5.91. The van der Waals surface area contributed by atoms with Gasteiger partial charge in [-0.05, 0) is 44.0 Å². The summed E-state index contributed by atoms with van der Waals surface area (Å²) in [6, 6.07) is 7.97. The zero-order chi connectivity index (χ0) is 22.5. The molecule has 3 aromatic rings. The number of carbonyl (C=O) groups excluding carboxylic acids is 1. The van der Waals surface area contributed by atoms with Crippen LogP contribution in [0, 0.1) is 10.1 Å². The van der Waals surface area contributed by atoms with Crippen molar-refractivity contribution >= 4 is 17.3 Å². The number of hydrogen-bond acceptors (Lipinski definition) is 9. The van der Waals surface area contributed by atoms with E-state index >= 15 is 0 Å². The maximum absolute atomic E-state index is 12.7. The topological polar surface area (TPSA) is 124 Å². The van der Waals surface area contributed by atoms with Crippen LogP contribution < -0.4 is 4.90 Å². The van der Waals surface area contributed by atoms with Gasteiger partial charge in [-0.1, -0.05) is 18.0 Å². The Morgan fingerprint density at radius 1 is 1.22 bits per heavy atom. The van der Waals surface area contributed by atoms with E-state index in [1.165, 1.54) is 6.07 Å². The smallest absolute Gasteiger partial charge is 0.339 e. The maximum Gasteiger partial charge on any atom is 0.339 e. The normalized spacial score (nSPS) is 15.1. The van der Waals surface area contributed by atoms with E-state index in [4.69, 9.17) is 9.26 Å². The molecular weight excluding hydrogens is 414 g/mol. The van der Waals surface area contributed by atoms with Crippen molar-refractivity contribution in [1.29, 1.82) is 0 Å². The molecule has 1 aromatic carbocycles. The molecule has 4 rings (SSSR count). The fourth-order valence-corrected chi connectivity index (χ4v) is 3.67. The lowest BCUT2D eigenvalue weighted by molar-refractivity contribution is -0.384. The third-order valence-corrected chi connectivity index (χ3v) is 5.35. The highest BCUT2D eigenvalue weighted by Crippen LogP contribution is 2.32. The van der Waals surface area contributed by atoms with Crippen LogP contribution in [-0.2, 0) is 4.74 Å². The molecule has 0 bridgehead atoms. The second kappa shape index (κ2) is 9.54. The number of carbonyl (C=O) groups is 1. The Kier molecular flexibility index (Phi) is 6.39. The van der Waals surface area contributed by atoms with Gasteiger partial charge in [0, 0.05) is 37.1 Å². The molecule has 0 N–H and O–H groups in total. The van der Waals surface area contributed by atoms with Crippen LogP contribution in [0.15, 0.2) is 47.2 Å². The molecule has 1 atom stereocenters. The Morgan fingerprint density at radius 2 is 2.00 bits per heavy atom. The van der Waals surface area contributed by atoms with Crippen LogP contribution in [0.3, 0.4) is 0 Å². The van der Waals surface area contributed by atoms with E-state index in [-0.39, 0.29) is 17.1 Å². The van der Waals surface area contributed by atoms with Gasteiger partial charge in [-0.15, -0.1) is 0 Å². The van der Waals surface area contributed by atoms with Gasteiger partial charge in [0.15, 0.2) is 6.10 Å². The predicted molar refractivity (Wildman–Crippen MR) is 115 cm³/mol. The molecule has 1 saturated heterocycles. The van der Waals surface area contributed by atoms with Crippen LogP contribution in [0.5, 0.6) is 0 Å². The van der Waals surface area contributed by atoms with Gasteiger partial charge in [-0.2, -0.15) is 4.98 Å². The molecule has 32 heavy (non-hydrogen) atoms. The van der Waals surface area contributed by atoms with Crippen molar-refractivity contribution in [3.05, 3.63) is 64.3 Å². The summed E-state index contributed by atoms with van der Waals surface area (Å²) in [5, 5.41) is 15.6. The van der Waals surface area contributed by atoms with Gasteiger partial charge in [0.05, 0.1) is 10.5 Å². The number of anilines is 1. The molecule has 3 heterocycles. The molecule has 166 valence electrons. The summed E-state index contributed by atoms with van der Waals surface area (Å²) < 4.78 is 10.6. The van der Waals surface area contributed by atoms with E-state index in [1.54, 1.807) is 43.6 Å². The number of aromatic nitrogens is 3. The summed E-state index contributed by atoms with van der Waals surface area (Å²) in [5.41, 5.74) is 1.18. The number of nitro benzene ring substituents is 1. The first-order valence-electron chi connectivity index (χ1n) is 10.5. The van der Waals surface area contributed by atoms with Crippen LogP contribution in [0.1, 0.15) is 55.0 Å². The molecule has 10 nitrogen and oxygen atoms in total. The van der Waals surface area contributed by atoms with Crippen LogP contribution in [0.25, 0.3) is 11.4 Å². The van der Waals surface area contributed by atoms with Crippen molar-refractivity contribution in [2.75, 3.05) is 18.0 Å². The first-order chi connectivity index (χ1) is 15.5. The highest BCUT2D eigenvalue weighted by Gasteiger charge is 2.25. The number of nitro groups is 1. The van der Waals surface area contributed by atoms with Gasteiger partial charge in [0.2, 0.25) is 5.82 Å². The van der Waals surface area contributed by atoms with Crippen molar-refractivity contribution in [2.45, 2.75) is 38.7 Å². The van der Waals surface area contributed by atoms with E-state index in [0.29, 0.717) is 17.1 Å². The van der Waals surface area contributed by atoms with Crippen LogP contribution in [0.4, 0.5) is 11.4 Å². The summed E-state index contributed by atoms with van der Waals surface area (Å²) in [7, 11) is 0. The summed E-state index contributed by atoms with van der Waals surface area (Å²) in [6.45, 7) is 3.12. The Labute approximate surface area is 184 Å². The molecule has 1 aliphatic rings. The summed E-state index contributed by atoms with van der Waals surface area (Å²) in [5.74, 6) is -0.259. The number of hydrogen-bond donors (Lipinski definition) is 0. The molecule has 0 radical (unpaired) electrons. The Bertz CT molecular complexity index is 1090. The van der Waals surface area contributed by atoms with Crippen LogP contribution in [-0.4, -0.2) is 39.1 Å². The fraction of sp³-hybridized carbons (Fsp3) is 0.364. The Balaban J connectivity index is 1.50. The first-order valence-corrected chi connectivity index (χ1v) is 10.5. The molecule has 2 aromatic heterocycles. The predicted octanol–water partition coefficient (Wildman–Crippen LogP) is 4.34. The minimum atomic E-state index is -0.829. The van der Waals surface area contributed by atoms with Gasteiger partial charge in [-0.25, -0.2) is 4.79 Å². The number of pyridine rings is 1. The minimum absolute atomic E-state index is 0.0918. The SMILES string of the molecule is C[C@@H](OC(=O)c1ccc(N2CCCCCC2)c([N+](=O)[O-])c1)c1nc(-c2cccnc2)no1. The average molecular weight is 437 g/mol. The number of nitrogens with zero attached hydrogens (tertiary/aromatic N) is 5. The van der Waals surface area contributed by atoms with Gasteiger partial charge >= 0.3 is 5.97 Å². The van der Waals surface area contributed by atoms with Gasteiger partial charge in [0.25, 0.3) is 11.6 Å². The van der Waals surface area contributed by atoms with Gasteiger partial charge in [0.1, 0.15) is 5.69 Å². The number of esters is 1. The van der Waals surface area contributed by atoms with Crippen molar-refractivity contribution in [3.63, 3.8) is 0 Å². The molecule has 0 spiro atoms. The molecule has 1 fully saturated rings. The second-order valence-corrected chi connectivity index (χ2v) is 7.61. The lowest BCUT2D eigenvalue weighted by Gasteiger charge is -2.22. The van der Waals surface area contributed by atoms with E-state index < -0.39 is 17.0 Å². The van der Waals surface area contributed by atoms with Crippen molar-refractivity contribution in [2.24, 2.45) is 0 Å². The van der Waals surface area contributed by atoms with E-state index in [9.17, 15) is 14.9 Å². The molecule has 0 unspecified atom stereocenters. The zero-order valence-electron chi connectivity index (χ0n) is 17.6. The highest BCUT2D eigenvalue weighted by atomic mass is 16.6. The largest absolute Gasteiger partial charge is 0.449 e. The monoisotopic (exact) mass is 437 g/mol. The van der Waals surface area contributed by atoms with Crippen molar-refractivity contribution < 1.29 is 19.0 Å². The lowest BCUT2D eigenvalue weighted by Crippen LogP contribution is -2.25. The average Bonchev–Trinajstić information content (AvgIpc) is 3.15. The summed E-state index contributed by atoms with van der Waals surface area (Å²) >= 11 is 0. The summed E-state index contributed by atoms with van der Waals surface area (Å²) in [6.07, 6.45) is 6.61. The molecule has 10 heteroatoms. The summed E-state index contributed by atoms with van der Waals surface area (Å²) in [4.78, 5) is 34.2. The lowest BCUT2D eigenvalue weighted by atomic mass is 10.1. The maximum atomic E-state index is 12.7. The minimum Gasteiger partial charge on any atom is -0.449 e. The molecular formula is C22H23N5O5. The van der Waals surface area contributed by atoms with Crippen LogP contribution >= 0.6 is 0 Å². The van der Waals surface area contributed by atoms with E-state index in [1.807, 2.05) is 4.90 Å². The fourth-order valence-electron chi connectivity index (χ4n) is 3.67. The van der Waals surface area contributed by atoms with E-state index in [0.717, 1.165) is 38.8 Å². The molecule has 0 aliphatic carbocycles. The van der Waals surface area contributed by atoms with Crippen molar-refractivity contribution in [3.8, 4) is 11.4 Å². The zero-order valence-corrected chi connectivity index (χ0v) is 17.6. The van der Waals surface area contributed by atoms with Crippen LogP contribution in [0.2, 0.25) is 0 Å². The molecule has 0 saturated carbocycles. The second-order valence-electron chi connectivity index (χ2n) is 7.61. The van der Waals surface area contributed by atoms with Crippen molar-refractivity contribution in [1.82, 2.24) is 15.1 Å². The third-order valence-electron chi connectivity index (χ3n) is 5.35. The number of ether oxygens (including phenoxy) is 1. The van der Waals surface area contributed by atoms with Gasteiger partial charge < -0.3 is 14.2 Å².